The van der Waals surface area contributed by atoms with E-state index in [4.69, 9.17) is 9.05 Å². The molecule has 0 bridgehead atoms. The fraction of sp³-hybridized carbons (Fsp3) is 0.524. The molecule has 4 rings (SSSR count). The molecule has 3 aromatic heterocycles. The first-order valence-electron chi connectivity index (χ1n) is 10.3. The van der Waals surface area contributed by atoms with Gasteiger partial charge in [-0.3, -0.25) is 4.79 Å². The largest absolute Gasteiger partial charge is 0.417 e. The average Bonchev–Trinajstić information content (AvgIpc) is 3.39. The Kier molecular flexibility index (Phi) is 5.49. The number of likely N-dealkylation sites (tertiary alicyclic amines) is 1. The molecule has 1 atom stereocenters. The van der Waals surface area contributed by atoms with Crippen LogP contribution in [-0.2, 0) is 12.6 Å². The predicted molar refractivity (Wildman–Crippen MR) is 105 cm³/mol. The summed E-state index contributed by atoms with van der Waals surface area (Å²) in [5, 5.41) is 7.66. The van der Waals surface area contributed by atoms with Crippen LogP contribution in [-0.4, -0.2) is 39.2 Å². The van der Waals surface area contributed by atoms with Crippen LogP contribution in [0.5, 0.6) is 0 Å². The van der Waals surface area contributed by atoms with E-state index in [1.807, 2.05) is 6.92 Å². The van der Waals surface area contributed by atoms with Crippen molar-refractivity contribution in [2.75, 3.05) is 13.1 Å². The lowest BCUT2D eigenvalue weighted by molar-refractivity contribution is -0.136. The molecular weight excluding hydrogens is 413 g/mol. The van der Waals surface area contributed by atoms with Crippen LogP contribution >= 0.6 is 0 Å². The summed E-state index contributed by atoms with van der Waals surface area (Å²) >= 11 is 0. The maximum Gasteiger partial charge on any atom is 0.417 e. The molecule has 1 amide bonds. The summed E-state index contributed by atoms with van der Waals surface area (Å²) in [5.74, 6) is -0.305. The molecule has 1 fully saturated rings. The molecule has 0 aromatic carbocycles. The van der Waals surface area contributed by atoms with Crippen LogP contribution < -0.4 is 0 Å². The van der Waals surface area contributed by atoms with Gasteiger partial charge in [-0.15, -0.1) is 0 Å². The van der Waals surface area contributed by atoms with Crippen molar-refractivity contribution in [3.8, 4) is 0 Å². The Morgan fingerprint density at radius 1 is 1.26 bits per heavy atom. The van der Waals surface area contributed by atoms with Gasteiger partial charge in [0.25, 0.3) is 11.6 Å². The number of aromatic nitrogens is 3. The number of aryl methyl sites for hydroxylation is 1. The molecule has 1 aliphatic heterocycles. The van der Waals surface area contributed by atoms with Gasteiger partial charge in [0, 0.05) is 37.2 Å². The number of halogens is 3. The Hall–Kier alpha value is -2.91. The summed E-state index contributed by atoms with van der Waals surface area (Å²) in [5.41, 5.74) is -0.245. The van der Waals surface area contributed by atoms with Gasteiger partial charge < -0.3 is 13.9 Å². The number of fused-ring (bicyclic) bond motifs is 1. The van der Waals surface area contributed by atoms with Gasteiger partial charge in [-0.05, 0) is 24.8 Å². The van der Waals surface area contributed by atoms with E-state index in [1.165, 1.54) is 0 Å². The van der Waals surface area contributed by atoms with Gasteiger partial charge in [0.2, 0.25) is 0 Å². The number of amides is 1. The van der Waals surface area contributed by atoms with Crippen LogP contribution in [0.25, 0.3) is 11.1 Å². The normalized spacial score (nSPS) is 17.6. The van der Waals surface area contributed by atoms with Crippen LogP contribution in [0.4, 0.5) is 13.2 Å². The zero-order chi connectivity index (χ0) is 22.3. The Morgan fingerprint density at radius 3 is 2.68 bits per heavy atom. The van der Waals surface area contributed by atoms with Crippen LogP contribution in [0.1, 0.15) is 78.6 Å². The number of nitrogens with zero attached hydrogens (tertiary/aromatic N) is 4. The number of pyridine rings is 1. The molecule has 0 spiro atoms. The zero-order valence-corrected chi connectivity index (χ0v) is 17.5. The minimum Gasteiger partial charge on any atom is -0.361 e. The van der Waals surface area contributed by atoms with E-state index in [1.54, 1.807) is 24.8 Å². The molecule has 10 heteroatoms. The molecule has 0 saturated carbocycles. The minimum atomic E-state index is -4.58. The Bertz CT molecular complexity index is 1100. The maximum absolute atomic E-state index is 13.9. The second kappa shape index (κ2) is 7.97. The third-order valence-electron chi connectivity index (χ3n) is 5.61. The molecule has 1 aliphatic rings. The van der Waals surface area contributed by atoms with E-state index < -0.39 is 17.7 Å². The summed E-state index contributed by atoms with van der Waals surface area (Å²) < 4.78 is 51.9. The third kappa shape index (κ3) is 4.03. The summed E-state index contributed by atoms with van der Waals surface area (Å²) in [6.07, 6.45) is -2.75. The van der Waals surface area contributed by atoms with Gasteiger partial charge in [-0.1, -0.05) is 31.1 Å². The monoisotopic (exact) mass is 436 g/mol. The highest BCUT2D eigenvalue weighted by Crippen LogP contribution is 2.40. The lowest BCUT2D eigenvalue weighted by Crippen LogP contribution is -2.39. The van der Waals surface area contributed by atoms with Gasteiger partial charge in [0.15, 0.2) is 5.69 Å². The number of hydrogen-bond acceptors (Lipinski definition) is 6. The van der Waals surface area contributed by atoms with Crippen LogP contribution in [0.15, 0.2) is 21.2 Å². The first kappa shape index (κ1) is 21.3. The number of carbonyl (C=O) groups excluding carboxylic acids is 1. The van der Waals surface area contributed by atoms with Crippen LogP contribution in [0, 0.1) is 0 Å². The second-order valence-electron chi connectivity index (χ2n) is 8.12. The molecule has 1 saturated heterocycles. The molecule has 166 valence electrons. The minimum absolute atomic E-state index is 0.120. The molecule has 7 nitrogen and oxygen atoms in total. The smallest absolute Gasteiger partial charge is 0.361 e. The van der Waals surface area contributed by atoms with Crippen molar-refractivity contribution in [2.24, 2.45) is 0 Å². The number of alkyl halides is 3. The molecule has 0 N–H and O–H groups in total. The lowest BCUT2D eigenvalue weighted by atomic mass is 9.91. The van der Waals surface area contributed by atoms with E-state index >= 15 is 0 Å². The summed E-state index contributed by atoms with van der Waals surface area (Å²) in [6.45, 7) is 6.13. The molecule has 4 heterocycles. The van der Waals surface area contributed by atoms with E-state index in [-0.39, 0.29) is 40.9 Å². The van der Waals surface area contributed by atoms with Gasteiger partial charge in [0.05, 0.1) is 16.6 Å². The fourth-order valence-corrected chi connectivity index (χ4v) is 3.92. The topological polar surface area (TPSA) is 85.3 Å². The van der Waals surface area contributed by atoms with Crippen LogP contribution in [0.2, 0.25) is 0 Å². The van der Waals surface area contributed by atoms with Crippen molar-refractivity contribution in [3.05, 3.63) is 40.5 Å². The summed E-state index contributed by atoms with van der Waals surface area (Å²) in [7, 11) is 0. The summed E-state index contributed by atoms with van der Waals surface area (Å²) in [4.78, 5) is 18.6. The van der Waals surface area contributed by atoms with Crippen LogP contribution in [0.3, 0.4) is 0 Å². The Morgan fingerprint density at radius 2 is 2.03 bits per heavy atom. The highest BCUT2D eigenvalue weighted by atomic mass is 19.4. The van der Waals surface area contributed by atoms with Crippen molar-refractivity contribution in [3.63, 3.8) is 0 Å². The highest BCUT2D eigenvalue weighted by Gasteiger charge is 2.38. The zero-order valence-electron chi connectivity index (χ0n) is 17.5. The standard InChI is InChI=1S/C21H23F3N4O3/c1-4-13-8-16(26-30-13)20(29)28-7-5-6-12(10-28)18-17-14(21(22,23)24)9-15(11(2)3)25-19(17)31-27-18/h8-9,11-12H,4-7,10H2,1-3H3/t12-/m1/s1. The number of carbonyl (C=O) groups is 1. The Labute approximate surface area is 176 Å². The van der Waals surface area contributed by atoms with Gasteiger partial charge in [0.1, 0.15) is 5.76 Å². The van der Waals surface area contributed by atoms with Crippen molar-refractivity contribution in [2.45, 2.75) is 58.0 Å². The fourth-order valence-electron chi connectivity index (χ4n) is 3.92. The van der Waals surface area contributed by atoms with Gasteiger partial charge >= 0.3 is 6.18 Å². The predicted octanol–water partition coefficient (Wildman–Crippen LogP) is 4.94. The van der Waals surface area contributed by atoms with Gasteiger partial charge in [-0.2, -0.15) is 13.2 Å². The SMILES string of the molecule is CCc1cc(C(=O)N2CCC[C@@H](c3noc4nc(C(C)C)cc(C(F)(F)F)c34)C2)no1. The second-order valence-corrected chi connectivity index (χ2v) is 8.12. The number of hydrogen-bond donors (Lipinski definition) is 0. The first-order valence-corrected chi connectivity index (χ1v) is 10.3. The van der Waals surface area contributed by atoms with E-state index in [0.717, 1.165) is 6.07 Å². The number of piperidine rings is 1. The van der Waals surface area contributed by atoms with E-state index in [9.17, 15) is 18.0 Å². The van der Waals surface area contributed by atoms with E-state index in [2.05, 4.69) is 15.3 Å². The molecule has 0 unspecified atom stereocenters. The third-order valence-corrected chi connectivity index (χ3v) is 5.61. The average molecular weight is 436 g/mol. The molecule has 0 aliphatic carbocycles. The molecule has 0 radical (unpaired) electrons. The van der Waals surface area contributed by atoms with Crippen molar-refractivity contribution >= 4 is 17.0 Å². The summed E-state index contributed by atoms with van der Waals surface area (Å²) in [6, 6.07) is 2.66. The molecule has 3 aromatic rings. The Balaban J connectivity index is 1.69. The maximum atomic E-state index is 13.9. The van der Waals surface area contributed by atoms with Crippen molar-refractivity contribution < 1.29 is 27.0 Å². The highest BCUT2D eigenvalue weighted by molar-refractivity contribution is 5.92. The molecule has 31 heavy (non-hydrogen) atoms. The lowest BCUT2D eigenvalue weighted by Gasteiger charge is -2.31. The number of rotatable bonds is 4. The van der Waals surface area contributed by atoms with Gasteiger partial charge in [-0.25, -0.2) is 4.98 Å². The van der Waals surface area contributed by atoms with E-state index in [0.29, 0.717) is 37.3 Å². The molecular formula is C21H23F3N4O3. The first-order chi connectivity index (χ1) is 14.7. The quantitative estimate of drug-likeness (QED) is 0.576. The van der Waals surface area contributed by atoms with Crippen molar-refractivity contribution in [1.82, 2.24) is 20.2 Å². The van der Waals surface area contributed by atoms with Crippen molar-refractivity contribution in [1.29, 1.82) is 0 Å².